The molecule has 0 heterocycles. The van der Waals surface area contributed by atoms with E-state index in [4.69, 9.17) is 9.11 Å². The highest BCUT2D eigenvalue weighted by molar-refractivity contribution is 8.75. The van der Waals surface area contributed by atoms with Gasteiger partial charge in [-0.05, 0) is 4.57 Å². The molecular weight excluding hydrogens is 207 g/mol. The van der Waals surface area contributed by atoms with Gasteiger partial charge in [-0.1, -0.05) is 0 Å². The Morgan fingerprint density at radius 2 is 1.10 bits per heavy atom. The average Bonchev–Trinajstić information content (AvgIpc) is 1.59. The fourth-order valence-corrected chi connectivity index (χ4v) is 3.21. The number of rotatable bonds is 2. The van der Waals surface area contributed by atoms with Gasteiger partial charge in [0, 0.05) is 0 Å². The fraction of sp³-hybridized carbons (Fsp3) is 0. The van der Waals surface area contributed by atoms with E-state index < -0.39 is 25.7 Å². The fourth-order valence-electron chi connectivity index (χ4n) is 0.119. The molecule has 0 unspecified atom stereocenters. The van der Waals surface area contributed by atoms with Crippen molar-refractivity contribution in [3.05, 3.63) is 0 Å². The first-order valence-electron chi connectivity index (χ1n) is 1.58. The van der Waals surface area contributed by atoms with E-state index >= 15 is 0 Å². The molecule has 0 aliphatic heterocycles. The molecule has 0 aromatic carbocycles. The SMILES string of the molecule is O=[P+](S(=O)(=O)O)S(=O)(=O)O. The molecule has 0 aliphatic rings. The van der Waals surface area contributed by atoms with Gasteiger partial charge in [0.25, 0.3) is 0 Å². The standard InChI is InChI=1S/HO7PS2/c1-8(9(2,3)4)10(5,6)7/h(H-,2,3,4,5,6,7)/p+1. The van der Waals surface area contributed by atoms with E-state index in [1.54, 1.807) is 0 Å². The zero-order valence-corrected chi connectivity index (χ0v) is 6.73. The smallest absolute Gasteiger partial charge is 0.247 e. The normalized spacial score (nSPS) is 13.0. The Morgan fingerprint density at radius 3 is 1.10 bits per heavy atom. The van der Waals surface area contributed by atoms with Gasteiger partial charge in [0.2, 0.25) is 0 Å². The van der Waals surface area contributed by atoms with Gasteiger partial charge in [-0.15, -0.1) is 0 Å². The van der Waals surface area contributed by atoms with Crippen LogP contribution in [0.3, 0.4) is 0 Å². The van der Waals surface area contributed by atoms with Crippen LogP contribution in [0.25, 0.3) is 0 Å². The van der Waals surface area contributed by atoms with Crippen molar-refractivity contribution in [2.75, 3.05) is 0 Å². The topological polar surface area (TPSA) is 126 Å². The third-order valence-corrected chi connectivity index (χ3v) is 6.78. The van der Waals surface area contributed by atoms with E-state index in [-0.39, 0.29) is 0 Å². The molecule has 0 aromatic rings. The summed E-state index contributed by atoms with van der Waals surface area (Å²) in [6.45, 7) is 0. The predicted molar refractivity (Wildman–Crippen MR) is 30.7 cm³/mol. The molecule has 0 atom stereocenters. The second-order valence-corrected chi connectivity index (χ2v) is 8.81. The summed E-state index contributed by atoms with van der Waals surface area (Å²) >= 11 is 0. The quantitative estimate of drug-likeness (QED) is 0.460. The second kappa shape index (κ2) is 2.51. The third kappa shape index (κ3) is 2.67. The maximum absolute atomic E-state index is 9.96. The molecule has 60 valence electrons. The Morgan fingerprint density at radius 1 is 0.900 bits per heavy atom. The molecule has 0 saturated heterocycles. The lowest BCUT2D eigenvalue weighted by Crippen LogP contribution is -1.98. The summed E-state index contributed by atoms with van der Waals surface area (Å²) in [6.07, 6.45) is -4.06. The molecule has 0 amide bonds. The number of hydrogen-bond donors (Lipinski definition) is 2. The van der Waals surface area contributed by atoms with Crippen LogP contribution in [0.15, 0.2) is 0 Å². The van der Waals surface area contributed by atoms with Gasteiger partial charge in [0.15, 0.2) is 0 Å². The van der Waals surface area contributed by atoms with Gasteiger partial charge < -0.3 is 0 Å². The van der Waals surface area contributed by atoms with E-state index in [1.807, 2.05) is 0 Å². The molecule has 0 spiro atoms. The summed E-state index contributed by atoms with van der Waals surface area (Å²) in [4.78, 5) is 0. The molecule has 2 N–H and O–H groups in total. The lowest BCUT2D eigenvalue weighted by molar-refractivity contribution is 0.488. The predicted octanol–water partition coefficient (Wildman–Crippen LogP) is -0.581. The first-order valence-corrected chi connectivity index (χ1v) is 6.93. The summed E-state index contributed by atoms with van der Waals surface area (Å²) in [5.41, 5.74) is 0. The van der Waals surface area contributed by atoms with E-state index in [0.717, 1.165) is 0 Å². The third-order valence-electron chi connectivity index (χ3n) is 0.377. The molecule has 0 saturated carbocycles. The average molecular weight is 209 g/mol. The summed E-state index contributed by atoms with van der Waals surface area (Å²) in [5.74, 6) is 0. The molecule has 10 heavy (non-hydrogen) atoms. The Kier molecular flexibility index (Phi) is 2.49. The maximum atomic E-state index is 9.96. The molecule has 0 aliphatic carbocycles. The minimum absolute atomic E-state index is 4.06. The van der Waals surface area contributed by atoms with Crippen LogP contribution in [-0.4, -0.2) is 25.9 Å². The lowest BCUT2D eigenvalue weighted by Gasteiger charge is -1.74. The minimum Gasteiger partial charge on any atom is -0.247 e. The van der Waals surface area contributed by atoms with Crippen LogP contribution < -0.4 is 0 Å². The van der Waals surface area contributed by atoms with Crippen LogP contribution in [0.1, 0.15) is 0 Å². The van der Waals surface area contributed by atoms with E-state index in [9.17, 15) is 21.4 Å². The minimum atomic E-state index is -5.19. The molecule has 0 fully saturated rings. The Bertz CT molecular complexity index is 294. The summed E-state index contributed by atoms with van der Waals surface area (Å²) in [6, 6.07) is 0. The molecule has 0 aromatic heterocycles. The summed E-state index contributed by atoms with van der Waals surface area (Å²) in [5, 5.41) is 0. The highest BCUT2D eigenvalue weighted by atomic mass is 33.1. The Hall–Kier alpha value is -0.0800. The van der Waals surface area contributed by atoms with Crippen LogP contribution in [-0.2, 0) is 24.0 Å². The second-order valence-electron chi connectivity index (χ2n) is 1.12. The van der Waals surface area contributed by atoms with Crippen molar-refractivity contribution in [1.82, 2.24) is 0 Å². The van der Waals surface area contributed by atoms with E-state index in [0.29, 0.717) is 0 Å². The highest BCUT2D eigenvalue weighted by Crippen LogP contribution is 2.34. The van der Waals surface area contributed by atoms with Crippen LogP contribution in [0.4, 0.5) is 0 Å². The van der Waals surface area contributed by atoms with Gasteiger partial charge in [0.1, 0.15) is 0 Å². The summed E-state index contributed by atoms with van der Waals surface area (Å²) < 4.78 is 64.3. The van der Waals surface area contributed by atoms with Crippen molar-refractivity contribution >= 4 is 25.7 Å². The van der Waals surface area contributed by atoms with Crippen LogP contribution in [0, 0.1) is 0 Å². The van der Waals surface area contributed by atoms with Gasteiger partial charge >= 0.3 is 25.7 Å². The van der Waals surface area contributed by atoms with Gasteiger partial charge in [-0.25, -0.2) is 9.11 Å². The highest BCUT2D eigenvalue weighted by Gasteiger charge is 2.48. The molecule has 0 radical (unpaired) electrons. The van der Waals surface area contributed by atoms with Gasteiger partial charge in [-0.2, -0.15) is 16.8 Å². The van der Waals surface area contributed by atoms with Crippen LogP contribution in [0.2, 0.25) is 0 Å². The van der Waals surface area contributed by atoms with Crippen molar-refractivity contribution in [3.63, 3.8) is 0 Å². The van der Waals surface area contributed by atoms with Crippen molar-refractivity contribution in [2.24, 2.45) is 0 Å². The Balaban J connectivity index is 5.16. The number of hydrogen-bond acceptors (Lipinski definition) is 5. The van der Waals surface area contributed by atoms with Crippen LogP contribution >= 0.6 is 6.20 Å². The molecular formula is H2O7PS2+. The Labute approximate surface area is 56.8 Å². The summed E-state index contributed by atoms with van der Waals surface area (Å²) in [7, 11) is -10.4. The molecule has 10 heteroatoms. The van der Waals surface area contributed by atoms with Crippen LogP contribution in [0.5, 0.6) is 0 Å². The largest absolute Gasteiger partial charge is 0.653 e. The van der Waals surface area contributed by atoms with E-state index in [1.165, 1.54) is 0 Å². The molecule has 0 bridgehead atoms. The monoisotopic (exact) mass is 209 g/mol. The maximum Gasteiger partial charge on any atom is 0.653 e. The van der Waals surface area contributed by atoms with Gasteiger partial charge in [0.05, 0.1) is 0 Å². The van der Waals surface area contributed by atoms with Gasteiger partial charge in [-0.3, -0.25) is 0 Å². The molecule has 0 rings (SSSR count). The van der Waals surface area contributed by atoms with Crippen molar-refractivity contribution in [3.8, 4) is 0 Å². The zero-order valence-electron chi connectivity index (χ0n) is 4.20. The zero-order chi connectivity index (χ0) is 8.58. The van der Waals surface area contributed by atoms with E-state index in [2.05, 4.69) is 0 Å². The van der Waals surface area contributed by atoms with Crippen molar-refractivity contribution in [2.45, 2.75) is 0 Å². The first-order chi connectivity index (χ1) is 4.15. The van der Waals surface area contributed by atoms with Crippen molar-refractivity contribution in [1.29, 1.82) is 0 Å². The molecule has 7 nitrogen and oxygen atoms in total. The van der Waals surface area contributed by atoms with Crippen molar-refractivity contribution < 1.29 is 30.5 Å². The lowest BCUT2D eigenvalue weighted by atomic mass is 15.9. The first kappa shape index (κ1) is 9.92.